The van der Waals surface area contributed by atoms with Crippen LogP contribution in [0.1, 0.15) is 12.8 Å². The fourth-order valence-electron chi connectivity index (χ4n) is 2.90. The Morgan fingerprint density at radius 3 is 2.67 bits per heavy atom. The highest BCUT2D eigenvalue weighted by Gasteiger charge is 2.23. The fraction of sp³-hybridized carbons (Fsp3) is 0.412. The molecule has 1 saturated heterocycles. The zero-order valence-corrected chi connectivity index (χ0v) is 15.5. The van der Waals surface area contributed by atoms with Crippen molar-refractivity contribution in [1.29, 1.82) is 0 Å². The molecule has 3 rings (SSSR count). The first-order valence-electron chi connectivity index (χ1n) is 8.07. The molecule has 2 aromatic rings. The zero-order chi connectivity index (χ0) is 17.1. The van der Waals surface area contributed by atoms with Crippen LogP contribution in [-0.2, 0) is 0 Å². The first kappa shape index (κ1) is 16.8. The number of amides is 2. The molecule has 0 saturated carbocycles. The molecule has 0 radical (unpaired) electrons. The number of urea groups is 1. The van der Waals surface area contributed by atoms with Crippen molar-refractivity contribution in [2.45, 2.75) is 18.9 Å². The summed E-state index contributed by atoms with van der Waals surface area (Å²) >= 11 is 3.55. The van der Waals surface area contributed by atoms with E-state index in [0.29, 0.717) is 6.04 Å². The summed E-state index contributed by atoms with van der Waals surface area (Å²) in [5.74, 6) is 0. The molecule has 1 aromatic carbocycles. The van der Waals surface area contributed by atoms with Crippen LogP contribution >= 0.6 is 15.9 Å². The van der Waals surface area contributed by atoms with Crippen molar-refractivity contribution in [3.63, 3.8) is 0 Å². The minimum absolute atomic E-state index is 0.0928. The van der Waals surface area contributed by atoms with Crippen LogP contribution in [0, 0.1) is 0 Å². The molecule has 1 N–H and O–H groups in total. The van der Waals surface area contributed by atoms with Gasteiger partial charge in [0.25, 0.3) is 0 Å². The third-order valence-corrected chi connectivity index (χ3v) is 4.87. The minimum atomic E-state index is 0.0928. The Bertz CT molecular complexity index is 707. The number of benzene rings is 1. The van der Waals surface area contributed by atoms with Crippen LogP contribution in [-0.4, -0.2) is 58.8 Å². The maximum atomic E-state index is 12.0. The summed E-state index contributed by atoms with van der Waals surface area (Å²) in [6.45, 7) is 1.57. The number of piperidine rings is 1. The van der Waals surface area contributed by atoms with Gasteiger partial charge in [-0.1, -0.05) is 12.1 Å². The quantitative estimate of drug-likeness (QED) is 0.873. The molecule has 24 heavy (non-hydrogen) atoms. The van der Waals surface area contributed by atoms with Crippen LogP contribution in [0.15, 0.2) is 41.1 Å². The normalized spacial score (nSPS) is 15.4. The van der Waals surface area contributed by atoms with Gasteiger partial charge in [-0.05, 0) is 40.9 Å². The van der Waals surface area contributed by atoms with Crippen molar-refractivity contribution in [1.82, 2.24) is 19.6 Å². The minimum Gasteiger partial charge on any atom is -0.380 e. The van der Waals surface area contributed by atoms with Gasteiger partial charge in [0.2, 0.25) is 0 Å². The van der Waals surface area contributed by atoms with E-state index in [-0.39, 0.29) is 6.03 Å². The van der Waals surface area contributed by atoms with E-state index in [1.54, 1.807) is 19.0 Å². The molecule has 7 heteroatoms. The third-order valence-electron chi connectivity index (χ3n) is 4.20. The van der Waals surface area contributed by atoms with Crippen molar-refractivity contribution in [3.8, 4) is 5.69 Å². The smallest absolute Gasteiger partial charge is 0.319 e. The van der Waals surface area contributed by atoms with Crippen LogP contribution in [0.5, 0.6) is 0 Å². The molecule has 1 aliphatic heterocycles. The van der Waals surface area contributed by atoms with Crippen molar-refractivity contribution in [2.75, 3.05) is 32.5 Å². The first-order chi connectivity index (χ1) is 11.5. The van der Waals surface area contributed by atoms with Crippen LogP contribution in [0.4, 0.5) is 10.5 Å². The highest BCUT2D eigenvalue weighted by atomic mass is 79.9. The molecular formula is C17H22BrN5O. The predicted octanol–water partition coefficient (Wildman–Crippen LogP) is 3.19. The average Bonchev–Trinajstić information content (AvgIpc) is 3.03. The molecule has 128 valence electrons. The van der Waals surface area contributed by atoms with E-state index in [2.05, 4.69) is 26.3 Å². The van der Waals surface area contributed by atoms with Crippen LogP contribution < -0.4 is 5.32 Å². The van der Waals surface area contributed by atoms with E-state index in [1.807, 2.05) is 46.2 Å². The fourth-order valence-corrected chi connectivity index (χ4v) is 3.37. The lowest BCUT2D eigenvalue weighted by atomic mass is 10.1. The van der Waals surface area contributed by atoms with Gasteiger partial charge in [0.1, 0.15) is 0 Å². The van der Waals surface area contributed by atoms with E-state index < -0.39 is 0 Å². The third kappa shape index (κ3) is 3.72. The van der Waals surface area contributed by atoms with Gasteiger partial charge < -0.3 is 15.1 Å². The molecule has 6 nitrogen and oxygen atoms in total. The first-order valence-corrected chi connectivity index (χ1v) is 8.86. The van der Waals surface area contributed by atoms with E-state index >= 15 is 0 Å². The monoisotopic (exact) mass is 391 g/mol. The largest absolute Gasteiger partial charge is 0.380 e. The number of halogens is 1. The Morgan fingerprint density at radius 1 is 1.29 bits per heavy atom. The van der Waals surface area contributed by atoms with Gasteiger partial charge in [0.05, 0.1) is 23.8 Å². The highest BCUT2D eigenvalue weighted by Crippen LogP contribution is 2.22. The number of carbonyl (C=O) groups excluding carboxylic acids is 1. The Hall–Kier alpha value is -2.02. The number of carbonyl (C=O) groups is 1. The summed E-state index contributed by atoms with van der Waals surface area (Å²) in [7, 11) is 3.59. The van der Waals surface area contributed by atoms with Gasteiger partial charge in [-0.25, -0.2) is 9.48 Å². The Kier molecular flexibility index (Phi) is 5.08. The van der Waals surface area contributed by atoms with Crippen LogP contribution in [0.2, 0.25) is 0 Å². The van der Waals surface area contributed by atoms with Crippen molar-refractivity contribution < 1.29 is 4.79 Å². The van der Waals surface area contributed by atoms with Gasteiger partial charge in [-0.3, -0.25) is 0 Å². The van der Waals surface area contributed by atoms with E-state index in [4.69, 9.17) is 0 Å². The second-order valence-corrected chi connectivity index (χ2v) is 7.06. The Labute approximate surface area is 150 Å². The molecule has 1 fully saturated rings. The number of anilines is 1. The van der Waals surface area contributed by atoms with E-state index in [9.17, 15) is 4.79 Å². The Morgan fingerprint density at radius 2 is 2.00 bits per heavy atom. The molecule has 0 unspecified atom stereocenters. The SMILES string of the molecule is CN(C)C(=O)N1CCC(Nc2cnn(-c3ccccc3Br)c2)CC1. The highest BCUT2D eigenvalue weighted by molar-refractivity contribution is 9.10. The lowest BCUT2D eigenvalue weighted by Crippen LogP contribution is -2.46. The molecule has 1 aromatic heterocycles. The molecule has 0 atom stereocenters. The summed E-state index contributed by atoms with van der Waals surface area (Å²) in [6.07, 6.45) is 5.73. The number of hydrogen-bond donors (Lipinski definition) is 1. The molecular weight excluding hydrogens is 370 g/mol. The standard InChI is InChI=1S/C17H22BrN5O/c1-21(2)17(24)22-9-7-13(8-10-22)20-14-11-19-23(12-14)16-6-4-3-5-15(16)18/h3-6,11-13,20H,7-10H2,1-2H3. The predicted molar refractivity (Wildman–Crippen MR) is 98.6 cm³/mol. The number of para-hydroxylation sites is 1. The van der Waals surface area contributed by atoms with Gasteiger partial charge in [-0.2, -0.15) is 5.10 Å². The number of nitrogens with zero attached hydrogens (tertiary/aromatic N) is 4. The number of aromatic nitrogens is 2. The molecule has 1 aliphatic rings. The topological polar surface area (TPSA) is 53.4 Å². The maximum Gasteiger partial charge on any atom is 0.319 e. The van der Waals surface area contributed by atoms with Gasteiger partial charge >= 0.3 is 6.03 Å². The summed E-state index contributed by atoms with van der Waals surface area (Å²) in [5.41, 5.74) is 2.01. The van der Waals surface area contributed by atoms with E-state index in [1.165, 1.54) is 0 Å². The summed E-state index contributed by atoms with van der Waals surface area (Å²) in [4.78, 5) is 15.5. The van der Waals surface area contributed by atoms with Crippen LogP contribution in [0.25, 0.3) is 5.69 Å². The summed E-state index contributed by atoms with van der Waals surface area (Å²) in [5, 5.41) is 7.96. The van der Waals surface area contributed by atoms with Gasteiger partial charge in [-0.15, -0.1) is 0 Å². The van der Waals surface area contributed by atoms with Gasteiger partial charge in [0.15, 0.2) is 0 Å². The number of likely N-dealkylation sites (tertiary alicyclic amines) is 1. The molecule has 2 amide bonds. The number of hydrogen-bond acceptors (Lipinski definition) is 3. The second kappa shape index (κ2) is 7.25. The number of rotatable bonds is 3. The van der Waals surface area contributed by atoms with Crippen molar-refractivity contribution >= 4 is 27.6 Å². The summed E-state index contributed by atoms with van der Waals surface area (Å²) in [6, 6.07) is 8.46. The molecule has 2 heterocycles. The van der Waals surface area contributed by atoms with Crippen LogP contribution in [0.3, 0.4) is 0 Å². The maximum absolute atomic E-state index is 12.0. The molecule has 0 spiro atoms. The molecule has 0 bridgehead atoms. The number of nitrogens with one attached hydrogen (secondary N) is 1. The van der Waals surface area contributed by atoms with Crippen molar-refractivity contribution in [3.05, 3.63) is 41.1 Å². The van der Waals surface area contributed by atoms with Gasteiger partial charge in [0, 0.05) is 37.7 Å². The van der Waals surface area contributed by atoms with E-state index in [0.717, 1.165) is 41.8 Å². The summed E-state index contributed by atoms with van der Waals surface area (Å²) < 4.78 is 2.87. The Balaban J connectivity index is 1.59. The molecule has 0 aliphatic carbocycles. The zero-order valence-electron chi connectivity index (χ0n) is 13.9. The average molecular weight is 392 g/mol. The van der Waals surface area contributed by atoms with Crippen molar-refractivity contribution in [2.24, 2.45) is 0 Å². The lowest BCUT2D eigenvalue weighted by molar-refractivity contribution is 0.158. The second-order valence-electron chi connectivity index (χ2n) is 6.21. The lowest BCUT2D eigenvalue weighted by Gasteiger charge is -2.34.